The van der Waals surface area contributed by atoms with Crippen molar-refractivity contribution in [2.45, 2.75) is 6.92 Å². The quantitative estimate of drug-likeness (QED) is 0.645. The summed E-state index contributed by atoms with van der Waals surface area (Å²) in [5.41, 5.74) is 4.41. The minimum atomic E-state index is -0.396. The van der Waals surface area contributed by atoms with E-state index in [0.717, 1.165) is 5.56 Å². The normalized spacial score (nSPS) is 10.9. The second-order valence-corrected chi connectivity index (χ2v) is 4.52. The van der Waals surface area contributed by atoms with E-state index in [2.05, 4.69) is 20.8 Å². The number of hydrogen-bond acceptors (Lipinski definition) is 4. The third-order valence-corrected chi connectivity index (χ3v) is 2.87. The van der Waals surface area contributed by atoms with E-state index < -0.39 is 5.91 Å². The third-order valence-electron chi connectivity index (χ3n) is 2.87. The first-order chi connectivity index (χ1) is 10.7. The van der Waals surface area contributed by atoms with Crippen molar-refractivity contribution in [3.05, 3.63) is 66.0 Å². The van der Waals surface area contributed by atoms with E-state index in [0.29, 0.717) is 11.3 Å². The Morgan fingerprint density at radius 3 is 2.50 bits per heavy atom. The number of nitrogens with one attached hydrogen (secondary N) is 2. The molecule has 22 heavy (non-hydrogen) atoms. The van der Waals surface area contributed by atoms with E-state index in [4.69, 9.17) is 0 Å². The summed E-state index contributed by atoms with van der Waals surface area (Å²) >= 11 is 0. The number of rotatable bonds is 5. The van der Waals surface area contributed by atoms with Crippen LogP contribution in [0.2, 0.25) is 0 Å². The van der Waals surface area contributed by atoms with Gasteiger partial charge < -0.3 is 5.32 Å². The highest BCUT2D eigenvalue weighted by Crippen LogP contribution is 1.99. The van der Waals surface area contributed by atoms with Gasteiger partial charge in [0.2, 0.25) is 0 Å². The molecule has 2 N–H and O–H groups in total. The molecule has 6 heteroatoms. The van der Waals surface area contributed by atoms with Gasteiger partial charge in [-0.3, -0.25) is 14.6 Å². The highest BCUT2D eigenvalue weighted by molar-refractivity contribution is 5.99. The summed E-state index contributed by atoms with van der Waals surface area (Å²) in [5.74, 6) is -0.750. The van der Waals surface area contributed by atoms with Crippen molar-refractivity contribution >= 4 is 17.5 Å². The minimum Gasteiger partial charge on any atom is -0.343 e. The fraction of sp³-hybridized carbons (Fsp3) is 0.125. The Labute approximate surface area is 128 Å². The molecule has 1 heterocycles. The number of pyridine rings is 1. The lowest BCUT2D eigenvalue weighted by molar-refractivity contribution is -0.120. The maximum atomic E-state index is 11.7. The second kappa shape index (κ2) is 7.68. The molecule has 2 amide bonds. The van der Waals surface area contributed by atoms with Crippen LogP contribution in [0.5, 0.6) is 0 Å². The molecule has 2 rings (SSSR count). The van der Waals surface area contributed by atoms with E-state index in [1.54, 1.807) is 25.3 Å². The number of hydrazone groups is 1. The van der Waals surface area contributed by atoms with Gasteiger partial charge in [0.15, 0.2) is 0 Å². The predicted molar refractivity (Wildman–Crippen MR) is 83.4 cm³/mol. The molecule has 0 aliphatic rings. The maximum absolute atomic E-state index is 11.7. The van der Waals surface area contributed by atoms with E-state index in [1.165, 1.54) is 6.20 Å². The fourth-order valence-electron chi connectivity index (χ4n) is 1.69. The molecule has 0 radical (unpaired) electrons. The average molecular weight is 296 g/mol. The lowest BCUT2D eigenvalue weighted by Crippen LogP contribution is -2.35. The molecule has 0 fully saturated rings. The van der Waals surface area contributed by atoms with E-state index in [1.807, 2.05) is 30.3 Å². The zero-order valence-electron chi connectivity index (χ0n) is 12.1. The van der Waals surface area contributed by atoms with Gasteiger partial charge in [0.05, 0.1) is 17.8 Å². The van der Waals surface area contributed by atoms with Gasteiger partial charge in [-0.25, -0.2) is 5.43 Å². The summed E-state index contributed by atoms with van der Waals surface area (Å²) < 4.78 is 0. The summed E-state index contributed by atoms with van der Waals surface area (Å²) in [4.78, 5) is 27.3. The zero-order valence-corrected chi connectivity index (χ0v) is 12.1. The van der Waals surface area contributed by atoms with Crippen LogP contribution in [0.25, 0.3) is 0 Å². The van der Waals surface area contributed by atoms with Crippen LogP contribution in [0.1, 0.15) is 22.8 Å². The summed E-state index contributed by atoms with van der Waals surface area (Å²) in [6.07, 6.45) is 3.01. The lowest BCUT2D eigenvalue weighted by Gasteiger charge is -2.05. The van der Waals surface area contributed by atoms with E-state index in [9.17, 15) is 9.59 Å². The first kappa shape index (κ1) is 15.4. The van der Waals surface area contributed by atoms with Gasteiger partial charge in [0, 0.05) is 12.4 Å². The summed E-state index contributed by atoms with van der Waals surface area (Å²) in [5, 5.41) is 6.50. The SMILES string of the molecule is CC(=NNC(=O)CNC(=O)c1cccnc1)c1ccccc1. The van der Waals surface area contributed by atoms with Crippen LogP contribution in [-0.2, 0) is 4.79 Å². The molecular formula is C16H16N4O2. The number of nitrogens with zero attached hydrogens (tertiary/aromatic N) is 2. The van der Waals surface area contributed by atoms with Gasteiger partial charge in [-0.05, 0) is 24.6 Å². The molecule has 6 nitrogen and oxygen atoms in total. The van der Waals surface area contributed by atoms with Crippen molar-refractivity contribution in [3.8, 4) is 0 Å². The molecule has 1 aromatic heterocycles. The highest BCUT2D eigenvalue weighted by atomic mass is 16.2. The van der Waals surface area contributed by atoms with Gasteiger partial charge in [0.25, 0.3) is 11.8 Å². The lowest BCUT2D eigenvalue weighted by atomic mass is 10.1. The van der Waals surface area contributed by atoms with Crippen LogP contribution in [0.3, 0.4) is 0 Å². The van der Waals surface area contributed by atoms with Crippen molar-refractivity contribution in [1.29, 1.82) is 0 Å². The Hall–Kier alpha value is -3.02. The molecule has 0 saturated heterocycles. The first-order valence-corrected chi connectivity index (χ1v) is 6.73. The molecule has 0 bridgehead atoms. The van der Waals surface area contributed by atoms with Crippen molar-refractivity contribution in [1.82, 2.24) is 15.7 Å². The minimum absolute atomic E-state index is 0.153. The summed E-state index contributed by atoms with van der Waals surface area (Å²) in [7, 11) is 0. The topological polar surface area (TPSA) is 83.5 Å². The van der Waals surface area contributed by atoms with Gasteiger partial charge >= 0.3 is 0 Å². The number of aromatic nitrogens is 1. The number of hydrogen-bond donors (Lipinski definition) is 2. The molecule has 0 saturated carbocycles. The largest absolute Gasteiger partial charge is 0.343 e. The Bertz CT molecular complexity index is 669. The van der Waals surface area contributed by atoms with Gasteiger partial charge in [-0.1, -0.05) is 30.3 Å². The van der Waals surface area contributed by atoms with Crippen molar-refractivity contribution < 1.29 is 9.59 Å². The van der Waals surface area contributed by atoms with Crippen LogP contribution < -0.4 is 10.7 Å². The second-order valence-electron chi connectivity index (χ2n) is 4.52. The Balaban J connectivity index is 1.82. The first-order valence-electron chi connectivity index (χ1n) is 6.73. The van der Waals surface area contributed by atoms with Crippen LogP contribution in [-0.4, -0.2) is 29.1 Å². The van der Waals surface area contributed by atoms with E-state index in [-0.39, 0.29) is 12.5 Å². The Morgan fingerprint density at radius 1 is 1.09 bits per heavy atom. The van der Waals surface area contributed by atoms with Crippen LogP contribution in [0.4, 0.5) is 0 Å². The zero-order chi connectivity index (χ0) is 15.8. The van der Waals surface area contributed by atoms with Crippen LogP contribution in [0, 0.1) is 0 Å². The van der Waals surface area contributed by atoms with E-state index >= 15 is 0 Å². The van der Waals surface area contributed by atoms with Crippen molar-refractivity contribution in [3.63, 3.8) is 0 Å². The maximum Gasteiger partial charge on any atom is 0.259 e. The van der Waals surface area contributed by atoms with Crippen LogP contribution in [0.15, 0.2) is 60.0 Å². The smallest absolute Gasteiger partial charge is 0.259 e. The molecule has 0 unspecified atom stereocenters. The molecule has 112 valence electrons. The van der Waals surface area contributed by atoms with Gasteiger partial charge in [-0.2, -0.15) is 5.10 Å². The molecule has 0 spiro atoms. The van der Waals surface area contributed by atoms with Crippen molar-refractivity contribution in [2.75, 3.05) is 6.54 Å². The Morgan fingerprint density at radius 2 is 1.82 bits per heavy atom. The molecule has 2 aromatic rings. The standard InChI is InChI=1S/C16H16N4O2/c1-12(13-6-3-2-4-7-13)19-20-15(21)11-18-16(22)14-8-5-9-17-10-14/h2-10H,11H2,1H3,(H,18,22)(H,20,21). The number of benzene rings is 1. The highest BCUT2D eigenvalue weighted by Gasteiger charge is 2.07. The predicted octanol–water partition coefficient (Wildman–Crippen LogP) is 1.35. The monoisotopic (exact) mass is 296 g/mol. The summed E-state index contributed by atoms with van der Waals surface area (Å²) in [6.45, 7) is 1.64. The average Bonchev–Trinajstić information content (AvgIpc) is 2.59. The number of amides is 2. The molecule has 1 aromatic carbocycles. The fourth-order valence-corrected chi connectivity index (χ4v) is 1.69. The molecule has 0 atom stereocenters. The van der Waals surface area contributed by atoms with Gasteiger partial charge in [0.1, 0.15) is 0 Å². The third kappa shape index (κ3) is 4.52. The number of carbonyl (C=O) groups excluding carboxylic acids is 2. The summed E-state index contributed by atoms with van der Waals surface area (Å²) in [6, 6.07) is 12.8. The van der Waals surface area contributed by atoms with Gasteiger partial charge in [-0.15, -0.1) is 0 Å². The van der Waals surface area contributed by atoms with Crippen LogP contribution >= 0.6 is 0 Å². The number of carbonyl (C=O) groups is 2. The molecule has 0 aliphatic carbocycles. The van der Waals surface area contributed by atoms with Crippen molar-refractivity contribution in [2.24, 2.45) is 5.10 Å². The molecule has 0 aliphatic heterocycles. The molecular weight excluding hydrogens is 280 g/mol. The Kier molecular flexibility index (Phi) is 5.37.